The van der Waals surface area contributed by atoms with Crippen molar-refractivity contribution in [1.29, 1.82) is 5.26 Å². The van der Waals surface area contributed by atoms with E-state index in [2.05, 4.69) is 5.32 Å². The highest BCUT2D eigenvalue weighted by molar-refractivity contribution is 7.86. The fourth-order valence-electron chi connectivity index (χ4n) is 3.67. The molecule has 0 aliphatic carbocycles. The normalized spacial score (nSPS) is 24.7. The number of anilines is 1. The predicted octanol–water partition coefficient (Wildman–Crippen LogP) is 0.468. The molecule has 0 spiro atoms. The molecule has 1 aromatic carbocycles. The van der Waals surface area contributed by atoms with Crippen molar-refractivity contribution in [2.24, 2.45) is 0 Å². The van der Waals surface area contributed by atoms with Crippen molar-refractivity contribution < 1.29 is 17.9 Å². The second-order valence-electron chi connectivity index (χ2n) is 7.50. The van der Waals surface area contributed by atoms with Crippen molar-refractivity contribution in [3.8, 4) is 6.07 Å². The van der Waals surface area contributed by atoms with Gasteiger partial charge in [0.25, 0.3) is 10.2 Å². The Balaban J connectivity index is 1.51. The quantitative estimate of drug-likeness (QED) is 0.741. The highest BCUT2D eigenvalue weighted by Gasteiger charge is 2.36. The number of carbonyl (C=O) groups is 1. The summed E-state index contributed by atoms with van der Waals surface area (Å²) < 4.78 is 34.5. The molecule has 2 aliphatic rings. The maximum Gasteiger partial charge on any atom is 0.282 e. The molecule has 3 rings (SSSR count). The molecule has 2 heterocycles. The number of hydrogen-bond acceptors (Lipinski definition) is 6. The minimum absolute atomic E-state index is 0.127. The molecular weight excluding hydrogens is 394 g/mol. The fourth-order valence-corrected chi connectivity index (χ4v) is 5.42. The van der Waals surface area contributed by atoms with E-state index in [1.54, 1.807) is 24.3 Å². The van der Waals surface area contributed by atoms with Gasteiger partial charge in [0.05, 0.1) is 30.4 Å². The van der Waals surface area contributed by atoms with Crippen LogP contribution in [0.25, 0.3) is 0 Å². The lowest BCUT2D eigenvalue weighted by Crippen LogP contribution is -2.57. The Bertz CT molecular complexity index is 867. The summed E-state index contributed by atoms with van der Waals surface area (Å²) in [5, 5.41) is 11.7. The van der Waals surface area contributed by atoms with E-state index in [-0.39, 0.29) is 24.7 Å². The Hall–Kier alpha value is -2.03. The molecule has 29 heavy (non-hydrogen) atoms. The third-order valence-corrected chi connectivity index (χ3v) is 6.98. The molecular formula is C19H27N5O4S. The number of nitrogens with one attached hydrogen (secondary N) is 1. The summed E-state index contributed by atoms with van der Waals surface area (Å²) in [4.78, 5) is 14.2. The number of morpholine rings is 1. The SMILES string of the molecule is C[C@H]1CN(S(=O)(=O)N2CCN(CC(=O)Nc3cccc(C#N)c3)CC2)C[C@H](C)O1. The number of nitriles is 1. The predicted molar refractivity (Wildman–Crippen MR) is 108 cm³/mol. The standard InChI is InChI=1S/C19H27N5O4S/c1-15-12-24(13-16(2)28-15)29(26,27)23-8-6-22(7-9-23)14-19(25)21-18-5-3-4-17(10-18)11-20/h3-5,10,15-16H,6-9,12-14H2,1-2H3,(H,21,25)/t15-,16-/m0/s1. The topological polar surface area (TPSA) is 106 Å². The van der Waals surface area contributed by atoms with E-state index in [0.29, 0.717) is 50.5 Å². The summed E-state index contributed by atoms with van der Waals surface area (Å²) >= 11 is 0. The Kier molecular flexibility index (Phi) is 6.87. The number of piperazine rings is 1. The van der Waals surface area contributed by atoms with Gasteiger partial charge in [-0.05, 0) is 32.0 Å². The maximum absolute atomic E-state index is 12.9. The van der Waals surface area contributed by atoms with Crippen molar-refractivity contribution >= 4 is 21.8 Å². The average molecular weight is 422 g/mol. The van der Waals surface area contributed by atoms with Gasteiger partial charge in [0.15, 0.2) is 0 Å². The summed E-state index contributed by atoms with van der Waals surface area (Å²) in [5.41, 5.74) is 1.05. The van der Waals surface area contributed by atoms with E-state index in [4.69, 9.17) is 10.00 Å². The van der Waals surface area contributed by atoms with Gasteiger partial charge in [-0.3, -0.25) is 9.69 Å². The Morgan fingerprint density at radius 2 is 1.83 bits per heavy atom. The Morgan fingerprint density at radius 1 is 1.17 bits per heavy atom. The number of nitrogens with zero attached hydrogens (tertiary/aromatic N) is 4. The van der Waals surface area contributed by atoms with Crippen LogP contribution in [0.4, 0.5) is 5.69 Å². The van der Waals surface area contributed by atoms with Crippen LogP contribution in [-0.4, -0.2) is 85.9 Å². The first-order valence-electron chi connectivity index (χ1n) is 9.71. The first-order chi connectivity index (χ1) is 13.8. The lowest BCUT2D eigenvalue weighted by atomic mass is 10.2. The van der Waals surface area contributed by atoms with Crippen molar-refractivity contribution in [3.05, 3.63) is 29.8 Å². The second-order valence-corrected chi connectivity index (χ2v) is 9.43. The van der Waals surface area contributed by atoms with Crippen molar-refractivity contribution in [3.63, 3.8) is 0 Å². The largest absolute Gasteiger partial charge is 0.373 e. The summed E-state index contributed by atoms with van der Waals surface area (Å²) in [6.07, 6.45) is -0.254. The minimum Gasteiger partial charge on any atom is -0.373 e. The van der Waals surface area contributed by atoms with Crippen LogP contribution in [0.3, 0.4) is 0 Å². The molecule has 0 unspecified atom stereocenters. The first kappa shape index (κ1) is 21.7. The summed E-state index contributed by atoms with van der Waals surface area (Å²) in [6, 6.07) is 8.77. The minimum atomic E-state index is -3.53. The first-order valence-corrected chi connectivity index (χ1v) is 11.1. The van der Waals surface area contributed by atoms with Crippen LogP contribution in [0, 0.1) is 11.3 Å². The lowest BCUT2D eigenvalue weighted by molar-refractivity contribution is -0.117. The third kappa shape index (κ3) is 5.52. The number of hydrogen-bond donors (Lipinski definition) is 1. The van der Waals surface area contributed by atoms with E-state index in [1.165, 1.54) is 8.61 Å². The van der Waals surface area contributed by atoms with Crippen LogP contribution < -0.4 is 5.32 Å². The van der Waals surface area contributed by atoms with Gasteiger partial charge in [-0.1, -0.05) is 6.07 Å². The third-order valence-electron chi connectivity index (χ3n) is 5.01. The van der Waals surface area contributed by atoms with Gasteiger partial charge in [-0.2, -0.15) is 22.3 Å². The van der Waals surface area contributed by atoms with Crippen LogP contribution in [0.2, 0.25) is 0 Å². The molecule has 0 aromatic heterocycles. The summed E-state index contributed by atoms with van der Waals surface area (Å²) in [6.45, 7) is 6.31. The van der Waals surface area contributed by atoms with Crippen LogP contribution in [0.15, 0.2) is 24.3 Å². The number of ether oxygens (including phenoxy) is 1. The van der Waals surface area contributed by atoms with Crippen molar-refractivity contribution in [2.45, 2.75) is 26.1 Å². The van der Waals surface area contributed by atoms with Crippen molar-refractivity contribution in [2.75, 3.05) is 51.1 Å². The average Bonchev–Trinajstić information content (AvgIpc) is 2.67. The molecule has 0 bridgehead atoms. The van der Waals surface area contributed by atoms with Gasteiger partial charge in [0, 0.05) is 45.0 Å². The summed E-state index contributed by atoms with van der Waals surface area (Å²) in [7, 11) is -3.53. The van der Waals surface area contributed by atoms with Gasteiger partial charge in [-0.25, -0.2) is 0 Å². The molecule has 9 nitrogen and oxygen atoms in total. The number of carbonyl (C=O) groups excluding carboxylic acids is 1. The van der Waals surface area contributed by atoms with Crippen LogP contribution in [0.5, 0.6) is 0 Å². The van der Waals surface area contributed by atoms with E-state index < -0.39 is 10.2 Å². The zero-order valence-corrected chi connectivity index (χ0v) is 17.6. The van der Waals surface area contributed by atoms with Gasteiger partial charge in [0.1, 0.15) is 0 Å². The smallest absolute Gasteiger partial charge is 0.282 e. The molecule has 1 N–H and O–H groups in total. The van der Waals surface area contributed by atoms with Gasteiger partial charge in [-0.15, -0.1) is 0 Å². The molecule has 2 atom stereocenters. The molecule has 0 radical (unpaired) electrons. The molecule has 1 aromatic rings. The summed E-state index contributed by atoms with van der Waals surface area (Å²) in [5.74, 6) is -0.188. The van der Waals surface area contributed by atoms with E-state index in [1.807, 2.05) is 24.8 Å². The molecule has 2 fully saturated rings. The van der Waals surface area contributed by atoms with E-state index in [9.17, 15) is 13.2 Å². The van der Waals surface area contributed by atoms with Crippen LogP contribution in [0.1, 0.15) is 19.4 Å². The second kappa shape index (κ2) is 9.19. The molecule has 1 amide bonds. The number of amides is 1. The van der Waals surface area contributed by atoms with Gasteiger partial charge < -0.3 is 10.1 Å². The zero-order chi connectivity index (χ0) is 21.0. The molecule has 2 aliphatic heterocycles. The molecule has 2 saturated heterocycles. The number of benzene rings is 1. The van der Waals surface area contributed by atoms with Crippen LogP contribution >= 0.6 is 0 Å². The van der Waals surface area contributed by atoms with Gasteiger partial charge in [0.2, 0.25) is 5.91 Å². The lowest BCUT2D eigenvalue weighted by Gasteiger charge is -2.40. The van der Waals surface area contributed by atoms with Crippen LogP contribution in [-0.2, 0) is 19.7 Å². The Morgan fingerprint density at radius 3 is 2.45 bits per heavy atom. The molecule has 158 valence electrons. The maximum atomic E-state index is 12.9. The molecule has 0 saturated carbocycles. The highest BCUT2D eigenvalue weighted by Crippen LogP contribution is 2.19. The van der Waals surface area contributed by atoms with E-state index in [0.717, 1.165) is 0 Å². The van der Waals surface area contributed by atoms with Gasteiger partial charge >= 0.3 is 0 Å². The highest BCUT2D eigenvalue weighted by atomic mass is 32.2. The monoisotopic (exact) mass is 421 g/mol. The molecule has 10 heteroatoms. The van der Waals surface area contributed by atoms with Crippen molar-refractivity contribution in [1.82, 2.24) is 13.5 Å². The number of rotatable bonds is 5. The Labute approximate surface area is 172 Å². The van der Waals surface area contributed by atoms with E-state index >= 15 is 0 Å². The zero-order valence-electron chi connectivity index (χ0n) is 16.7. The fraction of sp³-hybridized carbons (Fsp3) is 0.579.